The maximum Gasteiger partial charge on any atom is 0.118 e. The maximum atomic E-state index is 5.09. The van der Waals surface area contributed by atoms with E-state index >= 15 is 0 Å². The van der Waals surface area contributed by atoms with Gasteiger partial charge in [0.25, 0.3) is 0 Å². The van der Waals surface area contributed by atoms with Gasteiger partial charge in [-0.3, -0.25) is 0 Å². The van der Waals surface area contributed by atoms with Gasteiger partial charge in [-0.15, -0.1) is 0 Å². The summed E-state index contributed by atoms with van der Waals surface area (Å²) in [5.41, 5.74) is 1.36. The molecule has 1 radical (unpaired) electrons. The van der Waals surface area contributed by atoms with E-state index in [0.29, 0.717) is 0 Å². The van der Waals surface area contributed by atoms with E-state index in [1.807, 2.05) is 12.1 Å². The number of ether oxygens (including phenoxy) is 1. The lowest BCUT2D eigenvalue weighted by Crippen LogP contribution is -1.95. The number of hydrogen-bond donors (Lipinski definition) is 0. The van der Waals surface area contributed by atoms with E-state index < -0.39 is 0 Å². The van der Waals surface area contributed by atoms with Crippen molar-refractivity contribution < 1.29 is 4.74 Å². The van der Waals surface area contributed by atoms with Gasteiger partial charge in [0.1, 0.15) is 5.75 Å². The second kappa shape index (κ2) is 4.90. The summed E-state index contributed by atoms with van der Waals surface area (Å²) >= 11 is 0. The zero-order valence-corrected chi connectivity index (χ0v) is 8.63. The molecule has 0 aromatic heterocycles. The minimum absolute atomic E-state index is 0.929. The summed E-state index contributed by atoms with van der Waals surface area (Å²) < 4.78 is 5.09. The van der Waals surface area contributed by atoms with Gasteiger partial charge in [-0.05, 0) is 36.5 Å². The molecule has 0 aliphatic carbocycles. The molecule has 71 valence electrons. The van der Waals surface area contributed by atoms with E-state index in [4.69, 9.17) is 4.74 Å². The van der Waals surface area contributed by atoms with Gasteiger partial charge in [0.2, 0.25) is 0 Å². The molecule has 1 nitrogen and oxygen atoms in total. The van der Waals surface area contributed by atoms with Crippen molar-refractivity contribution in [1.82, 2.24) is 0 Å². The van der Waals surface area contributed by atoms with Crippen LogP contribution in [0.25, 0.3) is 0 Å². The summed E-state index contributed by atoms with van der Waals surface area (Å²) in [6.07, 6.45) is 2.24. The van der Waals surface area contributed by atoms with Crippen molar-refractivity contribution in [3.63, 3.8) is 0 Å². The molecule has 13 heavy (non-hydrogen) atoms. The van der Waals surface area contributed by atoms with Crippen LogP contribution in [0.15, 0.2) is 24.3 Å². The zero-order chi connectivity index (χ0) is 9.68. The van der Waals surface area contributed by atoms with Crippen LogP contribution in [-0.4, -0.2) is 7.11 Å². The van der Waals surface area contributed by atoms with Crippen LogP contribution in [0.3, 0.4) is 0 Å². The summed E-state index contributed by atoms with van der Waals surface area (Å²) in [5, 5.41) is 0. The highest BCUT2D eigenvalue weighted by atomic mass is 16.5. The Balaban J connectivity index is 2.58. The highest BCUT2D eigenvalue weighted by Gasteiger charge is 2.01. The first kappa shape index (κ1) is 10.1. The van der Waals surface area contributed by atoms with Crippen molar-refractivity contribution in [2.75, 3.05) is 7.11 Å². The first-order chi connectivity index (χ1) is 6.26. The zero-order valence-electron chi connectivity index (χ0n) is 8.63. The molecule has 0 unspecified atom stereocenters. The Morgan fingerprint density at radius 2 is 1.85 bits per heavy atom. The number of rotatable bonds is 4. The largest absolute Gasteiger partial charge is 0.497 e. The molecule has 0 atom stereocenters. The molecule has 0 aliphatic rings. The summed E-state index contributed by atoms with van der Waals surface area (Å²) in [7, 11) is 1.69. The SMILES string of the molecule is CC[C](C)Cc1ccc(OC)cc1. The van der Waals surface area contributed by atoms with Gasteiger partial charge in [0.05, 0.1) is 7.11 Å². The van der Waals surface area contributed by atoms with Crippen LogP contribution in [0.1, 0.15) is 25.8 Å². The fourth-order valence-corrected chi connectivity index (χ4v) is 1.22. The summed E-state index contributed by atoms with van der Waals surface area (Å²) in [6, 6.07) is 8.27. The molecule has 0 spiro atoms. The predicted octanol–water partition coefficient (Wildman–Crippen LogP) is 3.24. The molecule has 0 heterocycles. The topological polar surface area (TPSA) is 9.23 Å². The van der Waals surface area contributed by atoms with E-state index in [0.717, 1.165) is 18.6 Å². The van der Waals surface area contributed by atoms with E-state index in [2.05, 4.69) is 26.0 Å². The van der Waals surface area contributed by atoms with E-state index in [-0.39, 0.29) is 0 Å². The van der Waals surface area contributed by atoms with Gasteiger partial charge in [-0.2, -0.15) is 0 Å². The van der Waals surface area contributed by atoms with Crippen molar-refractivity contribution in [3.8, 4) is 5.75 Å². The van der Waals surface area contributed by atoms with Crippen LogP contribution in [0.4, 0.5) is 0 Å². The fourth-order valence-electron chi connectivity index (χ4n) is 1.22. The van der Waals surface area contributed by atoms with E-state index in [1.165, 1.54) is 11.5 Å². The van der Waals surface area contributed by atoms with Gasteiger partial charge in [0, 0.05) is 0 Å². The lowest BCUT2D eigenvalue weighted by Gasteiger charge is -2.07. The van der Waals surface area contributed by atoms with Crippen LogP contribution < -0.4 is 4.74 Å². The Morgan fingerprint density at radius 1 is 1.23 bits per heavy atom. The average molecular weight is 177 g/mol. The molecule has 0 fully saturated rings. The Hall–Kier alpha value is -0.980. The molecule has 0 aliphatic heterocycles. The van der Waals surface area contributed by atoms with E-state index in [9.17, 15) is 0 Å². The molecule has 0 bridgehead atoms. The van der Waals surface area contributed by atoms with Crippen LogP contribution in [0.2, 0.25) is 0 Å². The van der Waals surface area contributed by atoms with Gasteiger partial charge in [-0.1, -0.05) is 26.0 Å². The Bertz CT molecular complexity index is 238. The molecule has 0 saturated carbocycles. The van der Waals surface area contributed by atoms with E-state index in [1.54, 1.807) is 7.11 Å². The predicted molar refractivity (Wildman–Crippen MR) is 55.9 cm³/mol. The lowest BCUT2D eigenvalue weighted by atomic mass is 9.99. The van der Waals surface area contributed by atoms with Crippen LogP contribution in [0.5, 0.6) is 5.75 Å². The van der Waals surface area contributed by atoms with Crippen LogP contribution in [-0.2, 0) is 6.42 Å². The summed E-state index contributed by atoms with van der Waals surface area (Å²) in [4.78, 5) is 0. The minimum atomic E-state index is 0.929. The Labute approximate surface area is 80.7 Å². The van der Waals surface area contributed by atoms with Gasteiger partial charge >= 0.3 is 0 Å². The molecular formula is C12H17O. The van der Waals surface area contributed by atoms with Crippen molar-refractivity contribution in [3.05, 3.63) is 35.7 Å². The fraction of sp³-hybridized carbons (Fsp3) is 0.417. The number of benzene rings is 1. The second-order valence-electron chi connectivity index (χ2n) is 3.34. The van der Waals surface area contributed by atoms with Crippen molar-refractivity contribution >= 4 is 0 Å². The lowest BCUT2D eigenvalue weighted by molar-refractivity contribution is 0.414. The Kier molecular flexibility index (Phi) is 3.81. The molecule has 0 amide bonds. The monoisotopic (exact) mass is 177 g/mol. The standard InChI is InChI=1S/C12H17O/c1-4-10(2)9-11-5-7-12(13-3)8-6-11/h5-8H,4,9H2,1-3H3. The molecule has 0 saturated heterocycles. The minimum Gasteiger partial charge on any atom is -0.497 e. The third kappa shape index (κ3) is 3.10. The first-order valence-electron chi connectivity index (χ1n) is 4.70. The third-order valence-corrected chi connectivity index (χ3v) is 2.27. The van der Waals surface area contributed by atoms with Crippen molar-refractivity contribution in [2.24, 2.45) is 0 Å². The summed E-state index contributed by atoms with van der Waals surface area (Å²) in [6.45, 7) is 4.39. The normalized spacial score (nSPS) is 10.5. The first-order valence-corrected chi connectivity index (χ1v) is 4.70. The highest BCUT2D eigenvalue weighted by molar-refractivity contribution is 5.28. The Morgan fingerprint density at radius 3 is 2.31 bits per heavy atom. The van der Waals surface area contributed by atoms with Crippen LogP contribution in [0, 0.1) is 5.92 Å². The molecule has 0 N–H and O–H groups in total. The van der Waals surface area contributed by atoms with Gasteiger partial charge < -0.3 is 4.74 Å². The molecule has 1 aromatic rings. The number of methoxy groups -OCH3 is 1. The maximum absolute atomic E-state index is 5.09. The average Bonchev–Trinajstić information content (AvgIpc) is 2.19. The van der Waals surface area contributed by atoms with Crippen molar-refractivity contribution in [2.45, 2.75) is 26.7 Å². The quantitative estimate of drug-likeness (QED) is 0.686. The third-order valence-electron chi connectivity index (χ3n) is 2.27. The smallest absolute Gasteiger partial charge is 0.118 e. The van der Waals surface area contributed by atoms with Crippen LogP contribution >= 0.6 is 0 Å². The summed E-state index contributed by atoms with van der Waals surface area (Å²) in [5.74, 6) is 2.45. The van der Waals surface area contributed by atoms with Crippen molar-refractivity contribution in [1.29, 1.82) is 0 Å². The molecule has 1 rings (SSSR count). The molecular weight excluding hydrogens is 160 g/mol. The molecule has 1 aromatic carbocycles. The molecule has 1 heteroatoms. The second-order valence-corrected chi connectivity index (χ2v) is 3.34. The number of hydrogen-bond acceptors (Lipinski definition) is 1. The van der Waals surface area contributed by atoms with Gasteiger partial charge in [0.15, 0.2) is 0 Å². The van der Waals surface area contributed by atoms with Gasteiger partial charge in [-0.25, -0.2) is 0 Å². The highest BCUT2D eigenvalue weighted by Crippen LogP contribution is 2.16.